The monoisotopic (exact) mass is 285 g/mol. The van der Waals surface area contributed by atoms with Crippen molar-refractivity contribution in [2.75, 3.05) is 6.54 Å². The van der Waals surface area contributed by atoms with Crippen LogP contribution >= 0.6 is 0 Å². The molecule has 0 saturated carbocycles. The van der Waals surface area contributed by atoms with Crippen molar-refractivity contribution < 1.29 is 23.5 Å². The zero-order chi connectivity index (χ0) is 15.7. The van der Waals surface area contributed by atoms with Gasteiger partial charge in [0.05, 0.1) is 0 Å². The lowest BCUT2D eigenvalue weighted by Crippen LogP contribution is -2.53. The van der Waals surface area contributed by atoms with Crippen molar-refractivity contribution in [2.45, 2.75) is 33.2 Å². The largest absolute Gasteiger partial charge is 0.480 e. The number of benzene rings is 1. The summed E-state index contributed by atoms with van der Waals surface area (Å²) in [4.78, 5) is 24.4. The molecule has 0 saturated heterocycles. The van der Waals surface area contributed by atoms with Crippen molar-refractivity contribution in [3.8, 4) is 0 Å². The normalized spacial score (nSPS) is 11.3. The van der Waals surface area contributed by atoms with E-state index in [1.165, 1.54) is 26.8 Å². The Balaban J connectivity index is 3.37. The topological polar surface area (TPSA) is 57.6 Å². The Morgan fingerprint density at radius 3 is 2.30 bits per heavy atom. The van der Waals surface area contributed by atoms with Crippen LogP contribution in [0.15, 0.2) is 12.1 Å². The third-order valence-electron chi connectivity index (χ3n) is 3.26. The summed E-state index contributed by atoms with van der Waals surface area (Å²) in [6.07, 6.45) is 0. The number of rotatable bonds is 4. The summed E-state index contributed by atoms with van der Waals surface area (Å²) in [5, 5.41) is 9.15. The van der Waals surface area contributed by atoms with E-state index in [1.807, 2.05) is 0 Å². The molecule has 20 heavy (non-hydrogen) atoms. The van der Waals surface area contributed by atoms with Crippen LogP contribution in [0.3, 0.4) is 0 Å². The second-order valence-electron chi connectivity index (χ2n) is 4.97. The molecule has 0 aliphatic rings. The number of aliphatic carboxylic acids is 1. The van der Waals surface area contributed by atoms with E-state index < -0.39 is 34.6 Å². The number of aryl methyl sites for hydroxylation is 1. The third-order valence-corrected chi connectivity index (χ3v) is 3.26. The van der Waals surface area contributed by atoms with Gasteiger partial charge in [0.15, 0.2) is 0 Å². The quantitative estimate of drug-likeness (QED) is 0.925. The molecule has 4 nitrogen and oxygen atoms in total. The van der Waals surface area contributed by atoms with Gasteiger partial charge in [-0.2, -0.15) is 0 Å². The second kappa shape index (κ2) is 5.56. The van der Waals surface area contributed by atoms with E-state index in [-0.39, 0.29) is 12.1 Å². The summed E-state index contributed by atoms with van der Waals surface area (Å²) < 4.78 is 27.7. The van der Waals surface area contributed by atoms with Crippen molar-refractivity contribution in [3.63, 3.8) is 0 Å². The number of carboxylic acids is 1. The number of amides is 1. The zero-order valence-corrected chi connectivity index (χ0v) is 11.8. The molecule has 0 radical (unpaired) electrons. The van der Waals surface area contributed by atoms with Crippen molar-refractivity contribution in [1.29, 1.82) is 0 Å². The third kappa shape index (κ3) is 2.64. The smallest absolute Gasteiger partial charge is 0.329 e. The van der Waals surface area contributed by atoms with Crippen LogP contribution in [0.2, 0.25) is 0 Å². The maximum Gasteiger partial charge on any atom is 0.329 e. The van der Waals surface area contributed by atoms with E-state index in [0.29, 0.717) is 0 Å². The molecule has 0 bridgehead atoms. The molecule has 0 spiro atoms. The number of carbonyl (C=O) groups is 2. The minimum absolute atomic E-state index is 0.0188. The molecular weight excluding hydrogens is 268 g/mol. The first-order valence-electron chi connectivity index (χ1n) is 6.14. The van der Waals surface area contributed by atoms with E-state index >= 15 is 0 Å². The molecule has 1 aromatic carbocycles. The summed E-state index contributed by atoms with van der Waals surface area (Å²) in [7, 11) is 0. The van der Waals surface area contributed by atoms with E-state index in [2.05, 4.69) is 0 Å². The highest BCUT2D eigenvalue weighted by Crippen LogP contribution is 2.23. The molecule has 0 aliphatic carbocycles. The molecule has 0 atom stereocenters. The summed E-state index contributed by atoms with van der Waals surface area (Å²) in [6, 6.07) is 2.22. The molecular formula is C14H17F2NO3. The molecule has 0 fully saturated rings. The number of nitrogens with zero attached hydrogens (tertiary/aromatic N) is 1. The van der Waals surface area contributed by atoms with E-state index in [4.69, 9.17) is 5.11 Å². The Morgan fingerprint density at radius 1 is 1.30 bits per heavy atom. The van der Waals surface area contributed by atoms with Crippen LogP contribution in [0.1, 0.15) is 36.7 Å². The van der Waals surface area contributed by atoms with Gasteiger partial charge in [-0.1, -0.05) is 6.07 Å². The fourth-order valence-electron chi connectivity index (χ4n) is 1.90. The Hall–Kier alpha value is -1.98. The van der Waals surface area contributed by atoms with Gasteiger partial charge in [0.25, 0.3) is 5.91 Å². The summed E-state index contributed by atoms with van der Waals surface area (Å²) in [5.41, 5.74) is -2.16. The number of carbonyl (C=O) groups excluding carboxylic acids is 1. The van der Waals surface area contributed by atoms with Crippen molar-refractivity contribution in [3.05, 3.63) is 34.9 Å². The first-order valence-corrected chi connectivity index (χ1v) is 6.14. The highest BCUT2D eigenvalue weighted by Gasteiger charge is 2.39. The Morgan fingerprint density at radius 2 is 1.85 bits per heavy atom. The zero-order valence-electron chi connectivity index (χ0n) is 11.8. The number of likely N-dealkylation sites (N-methyl/N-ethyl adjacent to an activating group) is 1. The van der Waals surface area contributed by atoms with Gasteiger partial charge in [-0.05, 0) is 39.3 Å². The summed E-state index contributed by atoms with van der Waals surface area (Å²) >= 11 is 0. The predicted molar refractivity (Wildman–Crippen MR) is 69.5 cm³/mol. The van der Waals surface area contributed by atoms with Gasteiger partial charge in [0, 0.05) is 6.54 Å². The lowest BCUT2D eigenvalue weighted by molar-refractivity contribution is -0.147. The van der Waals surface area contributed by atoms with Crippen molar-refractivity contribution in [2.24, 2.45) is 0 Å². The fourth-order valence-corrected chi connectivity index (χ4v) is 1.90. The number of hydrogen-bond donors (Lipinski definition) is 1. The first kappa shape index (κ1) is 16.1. The predicted octanol–water partition coefficient (Wildman–Crippen LogP) is 2.60. The molecule has 110 valence electrons. The van der Waals surface area contributed by atoms with Gasteiger partial charge >= 0.3 is 5.97 Å². The number of halogens is 2. The lowest BCUT2D eigenvalue weighted by Gasteiger charge is -2.34. The van der Waals surface area contributed by atoms with Crippen LogP contribution in [0.4, 0.5) is 8.78 Å². The van der Waals surface area contributed by atoms with Gasteiger partial charge in [-0.25, -0.2) is 13.6 Å². The van der Waals surface area contributed by atoms with Gasteiger partial charge < -0.3 is 10.0 Å². The van der Waals surface area contributed by atoms with E-state index in [1.54, 1.807) is 6.92 Å². The van der Waals surface area contributed by atoms with Gasteiger partial charge in [-0.15, -0.1) is 0 Å². The molecule has 0 aromatic heterocycles. The van der Waals surface area contributed by atoms with Gasteiger partial charge in [-0.3, -0.25) is 4.79 Å². The molecule has 1 amide bonds. The second-order valence-corrected chi connectivity index (χ2v) is 4.97. The fraction of sp³-hybridized carbons (Fsp3) is 0.429. The SMILES string of the molecule is CCN(C(=O)c1c(F)ccc(C)c1F)C(C)(C)C(=O)O. The molecule has 1 rings (SSSR count). The Bertz CT molecular complexity index is 556. The molecule has 1 N–H and O–H groups in total. The minimum atomic E-state index is -1.56. The minimum Gasteiger partial charge on any atom is -0.480 e. The maximum atomic E-state index is 14.0. The van der Waals surface area contributed by atoms with Crippen molar-refractivity contribution in [1.82, 2.24) is 4.90 Å². The Labute approximate surface area is 116 Å². The van der Waals surface area contributed by atoms with Crippen molar-refractivity contribution >= 4 is 11.9 Å². The Kier molecular flexibility index (Phi) is 4.47. The number of carboxylic acid groups (broad SMARTS) is 1. The van der Waals surface area contributed by atoms with E-state index in [0.717, 1.165) is 11.0 Å². The lowest BCUT2D eigenvalue weighted by atomic mass is 10.0. The molecule has 6 heteroatoms. The van der Waals surface area contributed by atoms with Gasteiger partial charge in [0.2, 0.25) is 0 Å². The highest BCUT2D eigenvalue weighted by atomic mass is 19.1. The maximum absolute atomic E-state index is 14.0. The highest BCUT2D eigenvalue weighted by molar-refractivity contribution is 5.98. The molecule has 0 unspecified atom stereocenters. The average Bonchev–Trinajstić information content (AvgIpc) is 2.34. The first-order chi connectivity index (χ1) is 9.14. The molecule has 1 aromatic rings. The number of hydrogen-bond acceptors (Lipinski definition) is 2. The average molecular weight is 285 g/mol. The van der Waals surface area contributed by atoms with Crippen LogP contribution in [0, 0.1) is 18.6 Å². The van der Waals surface area contributed by atoms with Crippen LogP contribution in [-0.4, -0.2) is 34.0 Å². The van der Waals surface area contributed by atoms with Gasteiger partial charge in [0.1, 0.15) is 22.7 Å². The molecule has 0 aliphatic heterocycles. The molecule has 0 heterocycles. The van der Waals surface area contributed by atoms with Crippen LogP contribution in [-0.2, 0) is 4.79 Å². The summed E-state index contributed by atoms with van der Waals surface area (Å²) in [5.74, 6) is -4.19. The van der Waals surface area contributed by atoms with Crippen LogP contribution in [0.25, 0.3) is 0 Å². The van der Waals surface area contributed by atoms with Crippen LogP contribution < -0.4 is 0 Å². The summed E-state index contributed by atoms with van der Waals surface area (Å²) in [6.45, 7) is 5.59. The standard InChI is InChI=1S/C14H17F2NO3/c1-5-17(14(3,4)13(19)20)12(18)10-9(15)7-6-8(2)11(10)16/h6-7H,5H2,1-4H3,(H,19,20). The van der Waals surface area contributed by atoms with Crippen LogP contribution in [0.5, 0.6) is 0 Å². The van der Waals surface area contributed by atoms with E-state index in [9.17, 15) is 18.4 Å².